The molecule has 1 aromatic rings. The summed E-state index contributed by atoms with van der Waals surface area (Å²) in [7, 11) is 0. The lowest BCUT2D eigenvalue weighted by molar-refractivity contribution is 0.230. The van der Waals surface area contributed by atoms with E-state index in [9.17, 15) is 13.2 Å². The monoisotopic (exact) mass is 286 g/mol. The third kappa shape index (κ3) is 3.66. The molecule has 0 radical (unpaired) electrons. The first-order chi connectivity index (χ1) is 9.47. The average molecular weight is 286 g/mol. The van der Waals surface area contributed by atoms with Crippen LogP contribution < -0.4 is 5.32 Å². The minimum Gasteiger partial charge on any atom is -0.378 e. The molecule has 1 aliphatic rings. The quantitative estimate of drug-likeness (QED) is 0.909. The first kappa shape index (κ1) is 15.2. The van der Waals surface area contributed by atoms with E-state index in [4.69, 9.17) is 0 Å². The highest BCUT2D eigenvalue weighted by Gasteiger charge is 2.21. The van der Waals surface area contributed by atoms with Crippen LogP contribution in [-0.4, -0.2) is 30.1 Å². The number of anilines is 1. The molecule has 0 bridgehead atoms. The van der Waals surface area contributed by atoms with Gasteiger partial charge in [0.05, 0.1) is 0 Å². The maximum atomic E-state index is 13.6. The molecule has 1 fully saturated rings. The summed E-state index contributed by atoms with van der Waals surface area (Å²) in [6.07, 6.45) is 2.67. The Morgan fingerprint density at radius 3 is 2.35 bits per heavy atom. The molecule has 1 unspecified atom stereocenters. The number of rotatable bonds is 3. The van der Waals surface area contributed by atoms with Crippen LogP contribution >= 0.6 is 0 Å². The lowest BCUT2D eigenvalue weighted by atomic mass is 10.1. The first-order valence-corrected chi connectivity index (χ1v) is 7.12. The maximum absolute atomic E-state index is 13.6. The number of nitrogens with one attached hydrogen (secondary N) is 1. The zero-order valence-corrected chi connectivity index (χ0v) is 11.9. The summed E-state index contributed by atoms with van der Waals surface area (Å²) in [5.41, 5.74) is -0.214. The first-order valence-electron chi connectivity index (χ1n) is 7.12. The van der Waals surface area contributed by atoms with E-state index in [0.717, 1.165) is 32.4 Å². The van der Waals surface area contributed by atoms with Crippen molar-refractivity contribution in [1.82, 2.24) is 4.90 Å². The summed E-state index contributed by atoms with van der Waals surface area (Å²) in [4.78, 5) is 2.36. The maximum Gasteiger partial charge on any atom is 0.152 e. The van der Waals surface area contributed by atoms with E-state index in [1.165, 1.54) is 0 Å². The molecule has 0 amide bonds. The van der Waals surface area contributed by atoms with Crippen LogP contribution in [0.1, 0.15) is 33.1 Å². The van der Waals surface area contributed by atoms with Crippen LogP contribution in [-0.2, 0) is 0 Å². The molecule has 0 aromatic heterocycles. The molecular weight excluding hydrogens is 265 g/mol. The summed E-state index contributed by atoms with van der Waals surface area (Å²) in [5.74, 6) is -2.63. The third-order valence-corrected chi connectivity index (χ3v) is 3.85. The Kier molecular flexibility index (Phi) is 4.91. The summed E-state index contributed by atoms with van der Waals surface area (Å²) < 4.78 is 40.1. The van der Waals surface area contributed by atoms with Gasteiger partial charge in [-0.2, -0.15) is 0 Å². The Hall–Kier alpha value is -1.23. The van der Waals surface area contributed by atoms with Gasteiger partial charge in [-0.05, 0) is 39.7 Å². The zero-order valence-electron chi connectivity index (χ0n) is 11.9. The Morgan fingerprint density at radius 1 is 1.10 bits per heavy atom. The van der Waals surface area contributed by atoms with Gasteiger partial charge < -0.3 is 10.2 Å². The van der Waals surface area contributed by atoms with Crippen molar-refractivity contribution in [3.63, 3.8) is 0 Å². The van der Waals surface area contributed by atoms with Crippen LogP contribution in [0.5, 0.6) is 0 Å². The fraction of sp³-hybridized carbons (Fsp3) is 0.600. The highest BCUT2D eigenvalue weighted by Crippen LogP contribution is 2.24. The molecule has 5 heteroatoms. The van der Waals surface area contributed by atoms with Crippen molar-refractivity contribution in [2.75, 3.05) is 18.4 Å². The number of hydrogen-bond donors (Lipinski definition) is 1. The van der Waals surface area contributed by atoms with Crippen molar-refractivity contribution < 1.29 is 13.2 Å². The van der Waals surface area contributed by atoms with Gasteiger partial charge in [-0.1, -0.05) is 0 Å². The molecule has 2 rings (SSSR count). The Balaban J connectivity index is 2.04. The molecule has 20 heavy (non-hydrogen) atoms. The third-order valence-electron chi connectivity index (χ3n) is 3.85. The Labute approximate surface area is 118 Å². The fourth-order valence-electron chi connectivity index (χ4n) is 2.66. The van der Waals surface area contributed by atoms with Crippen LogP contribution in [0.4, 0.5) is 18.9 Å². The van der Waals surface area contributed by atoms with Crippen LogP contribution in [0.15, 0.2) is 12.1 Å². The normalized spacial score (nSPS) is 21.0. The molecule has 1 aliphatic heterocycles. The average Bonchev–Trinajstić information content (AvgIpc) is 2.59. The van der Waals surface area contributed by atoms with Crippen molar-refractivity contribution in [2.45, 2.75) is 45.2 Å². The molecule has 1 atom stereocenters. The van der Waals surface area contributed by atoms with E-state index in [-0.39, 0.29) is 11.7 Å². The van der Waals surface area contributed by atoms with Gasteiger partial charge in [-0.3, -0.25) is 0 Å². The smallest absolute Gasteiger partial charge is 0.152 e. The summed E-state index contributed by atoms with van der Waals surface area (Å²) >= 11 is 0. The van der Waals surface area contributed by atoms with Gasteiger partial charge in [-0.25, -0.2) is 13.2 Å². The van der Waals surface area contributed by atoms with E-state index in [0.29, 0.717) is 18.2 Å². The van der Waals surface area contributed by atoms with Gasteiger partial charge >= 0.3 is 0 Å². The number of halogens is 3. The Morgan fingerprint density at radius 2 is 1.75 bits per heavy atom. The molecule has 1 N–H and O–H groups in total. The second kappa shape index (κ2) is 6.48. The molecular formula is C15H21F3N2. The topological polar surface area (TPSA) is 15.3 Å². The number of benzene rings is 1. The zero-order chi connectivity index (χ0) is 14.7. The predicted octanol–water partition coefficient (Wildman–Crippen LogP) is 3.78. The predicted molar refractivity (Wildman–Crippen MR) is 74.3 cm³/mol. The molecule has 2 nitrogen and oxygen atoms in total. The highest BCUT2D eigenvalue weighted by atomic mass is 19.1. The van der Waals surface area contributed by atoms with E-state index < -0.39 is 17.5 Å². The van der Waals surface area contributed by atoms with Crippen LogP contribution in [0, 0.1) is 17.5 Å². The second-order valence-electron chi connectivity index (χ2n) is 5.65. The number of likely N-dealkylation sites (tertiary alicyclic amines) is 1. The minimum atomic E-state index is -0.891. The largest absolute Gasteiger partial charge is 0.378 e. The number of hydrogen-bond acceptors (Lipinski definition) is 2. The van der Waals surface area contributed by atoms with E-state index in [2.05, 4.69) is 24.1 Å². The van der Waals surface area contributed by atoms with Gasteiger partial charge in [0.2, 0.25) is 0 Å². The molecule has 112 valence electrons. The molecule has 1 saturated heterocycles. The molecule has 1 aromatic carbocycles. The fourth-order valence-corrected chi connectivity index (χ4v) is 2.66. The molecule has 0 saturated carbocycles. The Bertz CT molecular complexity index is 439. The van der Waals surface area contributed by atoms with Gasteiger partial charge in [0, 0.05) is 30.8 Å². The molecule has 0 aliphatic carbocycles. The van der Waals surface area contributed by atoms with E-state index >= 15 is 0 Å². The van der Waals surface area contributed by atoms with E-state index in [1.807, 2.05) is 0 Å². The van der Waals surface area contributed by atoms with Crippen LogP contribution in [0.3, 0.4) is 0 Å². The van der Waals surface area contributed by atoms with Crippen molar-refractivity contribution in [1.29, 1.82) is 0 Å². The van der Waals surface area contributed by atoms with Crippen molar-refractivity contribution in [2.24, 2.45) is 0 Å². The van der Waals surface area contributed by atoms with Crippen molar-refractivity contribution in [3.05, 3.63) is 29.6 Å². The lowest BCUT2D eigenvalue weighted by Crippen LogP contribution is -2.32. The van der Waals surface area contributed by atoms with Gasteiger partial charge in [-0.15, -0.1) is 0 Å². The van der Waals surface area contributed by atoms with E-state index in [1.54, 1.807) is 0 Å². The second-order valence-corrected chi connectivity index (χ2v) is 5.65. The van der Waals surface area contributed by atoms with Crippen LogP contribution in [0.2, 0.25) is 0 Å². The lowest BCUT2D eigenvalue weighted by Gasteiger charge is -2.24. The SMILES string of the molecule is CC(C)N1CCCC(Nc2c(F)cc(F)cc2F)CC1. The highest BCUT2D eigenvalue weighted by molar-refractivity contribution is 5.47. The summed E-state index contributed by atoms with van der Waals surface area (Å²) in [5, 5.41) is 2.90. The summed E-state index contributed by atoms with van der Waals surface area (Å²) in [6, 6.07) is 1.92. The minimum absolute atomic E-state index is 0.0215. The van der Waals surface area contributed by atoms with Gasteiger partial charge in [0.1, 0.15) is 11.5 Å². The van der Waals surface area contributed by atoms with Crippen LogP contribution in [0.25, 0.3) is 0 Å². The summed E-state index contributed by atoms with van der Waals surface area (Å²) in [6.45, 7) is 6.20. The van der Waals surface area contributed by atoms with Crippen molar-refractivity contribution in [3.8, 4) is 0 Å². The number of nitrogens with zero attached hydrogens (tertiary/aromatic N) is 1. The van der Waals surface area contributed by atoms with Gasteiger partial charge in [0.25, 0.3) is 0 Å². The van der Waals surface area contributed by atoms with Crippen molar-refractivity contribution >= 4 is 5.69 Å². The molecule has 0 spiro atoms. The van der Waals surface area contributed by atoms with Gasteiger partial charge in [0.15, 0.2) is 11.6 Å². The standard InChI is InChI=1S/C15H21F3N2/c1-10(2)20-6-3-4-12(5-7-20)19-15-13(17)8-11(16)9-14(15)18/h8-10,12,19H,3-7H2,1-2H3. The molecule has 1 heterocycles.